The van der Waals surface area contributed by atoms with Crippen LogP contribution in [0, 0.1) is 28.6 Å². The minimum Gasteiger partial charge on any atom is -0.543 e. The Morgan fingerprint density at radius 1 is 1.17 bits per heavy atom. The minimum absolute atomic E-state index is 0.221. The average Bonchev–Trinajstić information content (AvgIpc) is 2.97. The molecular weight excluding hydrogens is 370 g/mol. The van der Waals surface area contributed by atoms with Crippen LogP contribution >= 0.6 is 0 Å². The summed E-state index contributed by atoms with van der Waals surface area (Å²) < 4.78 is 6.60. The minimum atomic E-state index is -1.80. The van der Waals surface area contributed by atoms with Gasteiger partial charge >= 0.3 is 0 Å². The number of nitrogens with zero attached hydrogens (tertiary/aromatic N) is 1. The van der Waals surface area contributed by atoms with Crippen molar-refractivity contribution >= 4 is 8.32 Å². The van der Waals surface area contributed by atoms with Crippen LogP contribution < -0.4 is 4.43 Å². The maximum Gasteiger partial charge on any atom is 0.250 e. The Balaban J connectivity index is 1.59. The van der Waals surface area contributed by atoms with E-state index in [1.54, 1.807) is 5.56 Å². The predicted molar refractivity (Wildman–Crippen MR) is 123 cm³/mol. The van der Waals surface area contributed by atoms with Crippen LogP contribution in [0.3, 0.4) is 0 Å². The van der Waals surface area contributed by atoms with Crippen molar-refractivity contribution < 1.29 is 4.43 Å². The van der Waals surface area contributed by atoms with E-state index < -0.39 is 8.32 Å². The van der Waals surface area contributed by atoms with Crippen molar-refractivity contribution in [1.82, 2.24) is 0 Å². The third-order valence-electron chi connectivity index (χ3n) is 8.96. The zero-order chi connectivity index (χ0) is 21.0. The highest BCUT2D eigenvalue weighted by molar-refractivity contribution is 6.74. The summed E-state index contributed by atoms with van der Waals surface area (Å²) >= 11 is 0. The molecule has 2 fully saturated rings. The average molecular weight is 408 g/mol. The Bertz CT molecular complexity index is 872. The van der Waals surface area contributed by atoms with Gasteiger partial charge in [-0.15, -0.1) is 0 Å². The summed E-state index contributed by atoms with van der Waals surface area (Å²) in [6, 6.07) is 9.30. The number of nitriles is 1. The van der Waals surface area contributed by atoms with Crippen molar-refractivity contribution in [2.75, 3.05) is 0 Å². The molecule has 2 saturated carbocycles. The van der Waals surface area contributed by atoms with E-state index in [9.17, 15) is 5.26 Å². The van der Waals surface area contributed by atoms with Gasteiger partial charge in [-0.05, 0) is 103 Å². The summed E-state index contributed by atoms with van der Waals surface area (Å²) in [5, 5.41) is 9.44. The van der Waals surface area contributed by atoms with Gasteiger partial charge in [-0.2, -0.15) is 5.26 Å². The van der Waals surface area contributed by atoms with Crippen LogP contribution in [-0.4, -0.2) is 8.32 Å². The molecule has 29 heavy (non-hydrogen) atoms. The highest BCUT2D eigenvalue weighted by atomic mass is 28.4. The number of rotatable bonds is 2. The topological polar surface area (TPSA) is 33.0 Å². The molecule has 156 valence electrons. The van der Waals surface area contributed by atoms with Crippen LogP contribution in [0.25, 0.3) is 0 Å². The summed E-state index contributed by atoms with van der Waals surface area (Å²) in [7, 11) is -1.80. The van der Waals surface area contributed by atoms with E-state index in [4.69, 9.17) is 4.43 Å². The molecule has 1 aromatic rings. The SMILES string of the molecule is CC(C)(C)[Si](C)(C)Oc1ccc2c(c1)CCC1C2CC[C@]2(C)/C(=C/C#N)CCC12. The fraction of sp³-hybridized carbons (Fsp3) is 0.654. The van der Waals surface area contributed by atoms with Gasteiger partial charge in [-0.3, -0.25) is 0 Å². The second kappa shape index (κ2) is 7.01. The third kappa shape index (κ3) is 3.38. The smallest absolute Gasteiger partial charge is 0.250 e. The van der Waals surface area contributed by atoms with Gasteiger partial charge in [0.2, 0.25) is 8.32 Å². The van der Waals surface area contributed by atoms with E-state index in [2.05, 4.69) is 65.1 Å². The lowest BCUT2D eigenvalue weighted by atomic mass is 9.55. The maximum absolute atomic E-state index is 9.22. The second-order valence-corrected chi connectivity index (χ2v) is 16.2. The van der Waals surface area contributed by atoms with Gasteiger partial charge in [0.1, 0.15) is 5.75 Å². The number of benzene rings is 1. The van der Waals surface area contributed by atoms with Gasteiger partial charge < -0.3 is 4.43 Å². The Hall–Kier alpha value is -1.53. The molecule has 0 bridgehead atoms. The normalized spacial score (nSPS) is 32.9. The van der Waals surface area contributed by atoms with Crippen LogP contribution in [0.1, 0.15) is 76.8 Å². The number of aryl methyl sites for hydroxylation is 1. The van der Waals surface area contributed by atoms with E-state index in [0.29, 0.717) is 5.92 Å². The van der Waals surface area contributed by atoms with Crippen molar-refractivity contribution in [2.45, 2.75) is 90.3 Å². The molecule has 0 amide bonds. The van der Waals surface area contributed by atoms with Crippen molar-refractivity contribution in [3.63, 3.8) is 0 Å². The summed E-state index contributed by atoms with van der Waals surface area (Å²) in [6.45, 7) is 14.0. The van der Waals surface area contributed by atoms with Crippen LogP contribution in [0.2, 0.25) is 18.1 Å². The van der Waals surface area contributed by atoms with Crippen molar-refractivity contribution in [3.05, 3.63) is 41.0 Å². The lowest BCUT2D eigenvalue weighted by molar-refractivity contribution is 0.0814. The summed E-state index contributed by atoms with van der Waals surface area (Å²) in [5.41, 5.74) is 4.80. The molecule has 0 heterocycles. The van der Waals surface area contributed by atoms with Crippen molar-refractivity contribution in [2.24, 2.45) is 17.3 Å². The molecule has 0 aromatic heterocycles. The van der Waals surface area contributed by atoms with E-state index in [0.717, 1.165) is 24.0 Å². The zero-order valence-electron chi connectivity index (χ0n) is 19.1. The molecule has 4 rings (SSSR count). The molecule has 3 heteroatoms. The van der Waals surface area contributed by atoms with Gasteiger partial charge in [-0.1, -0.05) is 39.3 Å². The molecule has 0 radical (unpaired) electrons. The lowest BCUT2D eigenvalue weighted by Crippen LogP contribution is -2.44. The molecular formula is C26H37NOSi. The quantitative estimate of drug-likeness (QED) is 0.378. The van der Waals surface area contributed by atoms with Gasteiger partial charge in [0.05, 0.1) is 6.07 Å². The molecule has 3 unspecified atom stereocenters. The Morgan fingerprint density at radius 3 is 2.62 bits per heavy atom. The van der Waals surface area contributed by atoms with Crippen LogP contribution in [0.15, 0.2) is 29.8 Å². The largest absolute Gasteiger partial charge is 0.543 e. The molecule has 2 nitrogen and oxygen atoms in total. The van der Waals surface area contributed by atoms with Gasteiger partial charge in [-0.25, -0.2) is 0 Å². The molecule has 0 spiro atoms. The summed E-state index contributed by atoms with van der Waals surface area (Å²) in [6.07, 6.45) is 9.22. The first-order valence-corrected chi connectivity index (χ1v) is 14.4. The molecule has 3 aliphatic carbocycles. The molecule has 1 aromatic carbocycles. The number of hydrogen-bond donors (Lipinski definition) is 0. The maximum atomic E-state index is 9.22. The zero-order valence-corrected chi connectivity index (χ0v) is 20.1. The Kier molecular flexibility index (Phi) is 5.01. The van der Waals surface area contributed by atoms with Gasteiger partial charge in [0, 0.05) is 6.08 Å². The fourth-order valence-corrected chi connectivity index (χ4v) is 7.26. The van der Waals surface area contributed by atoms with E-state index in [-0.39, 0.29) is 10.5 Å². The lowest BCUT2D eigenvalue weighted by Gasteiger charge is -2.49. The number of hydrogen-bond acceptors (Lipinski definition) is 2. The molecule has 4 atom stereocenters. The summed E-state index contributed by atoms with van der Waals surface area (Å²) in [5.74, 6) is 3.30. The van der Waals surface area contributed by atoms with Gasteiger partial charge in [0.15, 0.2) is 0 Å². The first-order chi connectivity index (χ1) is 13.6. The molecule has 0 N–H and O–H groups in total. The van der Waals surface area contributed by atoms with Crippen LogP contribution in [-0.2, 0) is 6.42 Å². The van der Waals surface area contributed by atoms with Crippen molar-refractivity contribution in [3.8, 4) is 11.8 Å². The van der Waals surface area contributed by atoms with Crippen molar-refractivity contribution in [1.29, 1.82) is 5.26 Å². The highest BCUT2D eigenvalue weighted by Gasteiger charge is 2.52. The first-order valence-electron chi connectivity index (χ1n) is 11.5. The Morgan fingerprint density at radius 2 is 1.93 bits per heavy atom. The third-order valence-corrected chi connectivity index (χ3v) is 13.3. The van der Waals surface area contributed by atoms with E-state index in [1.807, 2.05) is 6.08 Å². The first kappa shape index (κ1) is 20.7. The highest BCUT2D eigenvalue weighted by Crippen LogP contribution is 2.62. The summed E-state index contributed by atoms with van der Waals surface area (Å²) in [4.78, 5) is 0. The van der Waals surface area contributed by atoms with E-state index >= 15 is 0 Å². The van der Waals surface area contributed by atoms with Gasteiger partial charge in [0.25, 0.3) is 0 Å². The number of allylic oxidation sites excluding steroid dienone is 2. The molecule has 0 saturated heterocycles. The predicted octanol–water partition coefficient (Wildman–Crippen LogP) is 7.38. The van der Waals surface area contributed by atoms with Crippen LogP contribution in [0.5, 0.6) is 5.75 Å². The molecule has 0 aliphatic heterocycles. The molecule has 3 aliphatic rings. The standard InChI is InChI=1S/C26H37NOSi/c1-25(2,3)29(5,6)28-20-9-11-21-18(17-20)7-10-23-22(21)13-15-26(4)19(14-16-27)8-12-24(23)26/h9,11,14,17,22-24H,7-8,10,12-13,15H2,1-6H3/b19-14+/t22?,23?,24?,26-/m1/s1. The second-order valence-electron chi connectivity index (χ2n) is 11.4. The number of fused-ring (bicyclic) bond motifs is 5. The Labute approximate surface area is 178 Å². The van der Waals surface area contributed by atoms with Crippen LogP contribution in [0.4, 0.5) is 0 Å². The van der Waals surface area contributed by atoms with E-state index in [1.165, 1.54) is 43.2 Å². The monoisotopic (exact) mass is 407 g/mol. The fourth-order valence-electron chi connectivity index (χ4n) is 6.23.